The van der Waals surface area contributed by atoms with Gasteiger partial charge in [0.2, 0.25) is 0 Å². The van der Waals surface area contributed by atoms with Crippen LogP contribution in [0.1, 0.15) is 26.7 Å². The fraction of sp³-hybridized carbons (Fsp3) is 0.875. The molecule has 3 heteroatoms. The summed E-state index contributed by atoms with van der Waals surface area (Å²) >= 11 is 0. The average molecular weight is 159 g/mol. The minimum atomic E-state index is -0.258. The first-order chi connectivity index (χ1) is 5.07. The van der Waals surface area contributed by atoms with Gasteiger partial charge in [-0.3, -0.25) is 0 Å². The average Bonchev–Trinajstić information content (AvgIpc) is 1.87. The van der Waals surface area contributed by atoms with Gasteiger partial charge in [-0.15, -0.1) is 0 Å². The summed E-state index contributed by atoms with van der Waals surface area (Å²) in [5, 5.41) is 0. The van der Waals surface area contributed by atoms with Gasteiger partial charge in [0.1, 0.15) is 6.10 Å². The molecule has 0 aliphatic heterocycles. The minimum Gasteiger partial charge on any atom is -0.446 e. The Balaban J connectivity index is 3.57. The molecule has 0 rings (SSSR count). The number of hydrogen-bond donors (Lipinski definition) is 0. The molecule has 0 heterocycles. The highest BCUT2D eigenvalue weighted by molar-refractivity contribution is 5.66. The molecule has 0 fully saturated rings. The summed E-state index contributed by atoms with van der Waals surface area (Å²) in [6.45, 7) is 3.98. The van der Waals surface area contributed by atoms with Gasteiger partial charge in [0.25, 0.3) is 0 Å². The molecule has 1 amide bonds. The van der Waals surface area contributed by atoms with E-state index in [9.17, 15) is 4.79 Å². The monoisotopic (exact) mass is 159 g/mol. The summed E-state index contributed by atoms with van der Waals surface area (Å²) in [6, 6.07) is 0. The van der Waals surface area contributed by atoms with Gasteiger partial charge in [-0.2, -0.15) is 0 Å². The van der Waals surface area contributed by atoms with E-state index in [0.717, 1.165) is 12.8 Å². The van der Waals surface area contributed by atoms with Gasteiger partial charge in [-0.05, 0) is 13.3 Å². The molecule has 1 atom stereocenters. The number of nitrogens with zero attached hydrogens (tertiary/aromatic N) is 1. The topological polar surface area (TPSA) is 29.5 Å². The smallest absolute Gasteiger partial charge is 0.409 e. The second kappa shape index (κ2) is 4.99. The molecule has 0 aromatic heterocycles. The molecule has 0 aromatic rings. The first kappa shape index (κ1) is 10.3. The van der Waals surface area contributed by atoms with Gasteiger partial charge < -0.3 is 9.64 Å². The Morgan fingerprint density at radius 1 is 1.55 bits per heavy atom. The molecule has 0 aromatic carbocycles. The van der Waals surface area contributed by atoms with E-state index in [1.807, 2.05) is 6.92 Å². The van der Waals surface area contributed by atoms with Crippen LogP contribution in [-0.2, 0) is 4.74 Å². The van der Waals surface area contributed by atoms with Crippen LogP contribution >= 0.6 is 0 Å². The van der Waals surface area contributed by atoms with Crippen LogP contribution in [0.15, 0.2) is 0 Å². The summed E-state index contributed by atoms with van der Waals surface area (Å²) < 4.78 is 5.04. The van der Waals surface area contributed by atoms with Gasteiger partial charge >= 0.3 is 6.09 Å². The minimum absolute atomic E-state index is 0.0369. The highest BCUT2D eigenvalue weighted by Crippen LogP contribution is 2.02. The second-order valence-electron chi connectivity index (χ2n) is 2.88. The van der Waals surface area contributed by atoms with E-state index in [1.165, 1.54) is 4.90 Å². The Morgan fingerprint density at radius 2 is 2.09 bits per heavy atom. The Kier molecular flexibility index (Phi) is 4.66. The summed E-state index contributed by atoms with van der Waals surface area (Å²) in [5.74, 6) is 0. The number of carbonyl (C=O) groups excluding carboxylic acids is 1. The zero-order chi connectivity index (χ0) is 8.85. The van der Waals surface area contributed by atoms with Crippen molar-refractivity contribution in [1.29, 1.82) is 0 Å². The number of rotatable bonds is 3. The lowest BCUT2D eigenvalue weighted by Gasteiger charge is -2.15. The summed E-state index contributed by atoms with van der Waals surface area (Å²) in [5.41, 5.74) is 0. The van der Waals surface area contributed by atoms with E-state index in [2.05, 4.69) is 6.92 Å². The van der Waals surface area contributed by atoms with Crippen LogP contribution in [0.2, 0.25) is 0 Å². The van der Waals surface area contributed by atoms with Crippen LogP contribution < -0.4 is 0 Å². The fourth-order valence-electron chi connectivity index (χ4n) is 0.743. The van der Waals surface area contributed by atoms with Crippen molar-refractivity contribution in [1.82, 2.24) is 4.90 Å². The SMILES string of the molecule is CCCC(C)OC(=O)N(C)C. The predicted octanol–water partition coefficient (Wildman–Crippen LogP) is 1.87. The number of hydrogen-bond acceptors (Lipinski definition) is 2. The van der Waals surface area contributed by atoms with E-state index >= 15 is 0 Å². The van der Waals surface area contributed by atoms with Gasteiger partial charge in [0, 0.05) is 14.1 Å². The number of amides is 1. The van der Waals surface area contributed by atoms with Crippen molar-refractivity contribution in [2.75, 3.05) is 14.1 Å². The molecule has 3 nitrogen and oxygen atoms in total. The van der Waals surface area contributed by atoms with Crippen LogP contribution in [0.3, 0.4) is 0 Å². The Labute approximate surface area is 68.3 Å². The van der Waals surface area contributed by atoms with E-state index in [0.29, 0.717) is 0 Å². The molecule has 66 valence electrons. The lowest BCUT2D eigenvalue weighted by Crippen LogP contribution is -2.26. The Hall–Kier alpha value is -0.730. The quantitative estimate of drug-likeness (QED) is 0.629. The van der Waals surface area contributed by atoms with Crippen molar-refractivity contribution in [2.24, 2.45) is 0 Å². The normalized spacial score (nSPS) is 12.4. The fourth-order valence-corrected chi connectivity index (χ4v) is 0.743. The molecule has 0 saturated carbocycles. The lowest BCUT2D eigenvalue weighted by atomic mass is 10.2. The van der Waals surface area contributed by atoms with Gasteiger partial charge in [0.05, 0.1) is 0 Å². The van der Waals surface area contributed by atoms with Crippen LogP contribution in [0, 0.1) is 0 Å². The third-order valence-corrected chi connectivity index (χ3v) is 1.36. The molecule has 0 N–H and O–H groups in total. The molecule has 0 saturated heterocycles. The molecular weight excluding hydrogens is 142 g/mol. The zero-order valence-corrected chi connectivity index (χ0v) is 7.76. The van der Waals surface area contributed by atoms with Crippen LogP contribution in [0.5, 0.6) is 0 Å². The van der Waals surface area contributed by atoms with Gasteiger partial charge in [0.15, 0.2) is 0 Å². The zero-order valence-electron chi connectivity index (χ0n) is 7.76. The van der Waals surface area contributed by atoms with Crippen LogP contribution in [0.4, 0.5) is 4.79 Å². The third-order valence-electron chi connectivity index (χ3n) is 1.36. The first-order valence-corrected chi connectivity index (χ1v) is 3.95. The highest BCUT2D eigenvalue weighted by atomic mass is 16.6. The van der Waals surface area contributed by atoms with E-state index in [1.54, 1.807) is 14.1 Å². The van der Waals surface area contributed by atoms with E-state index < -0.39 is 0 Å². The standard InChI is InChI=1S/C8H17NO2/c1-5-6-7(2)11-8(10)9(3)4/h7H,5-6H2,1-4H3. The van der Waals surface area contributed by atoms with Crippen molar-refractivity contribution >= 4 is 6.09 Å². The maximum atomic E-state index is 10.9. The summed E-state index contributed by atoms with van der Waals surface area (Å²) in [4.78, 5) is 12.4. The van der Waals surface area contributed by atoms with Crippen LogP contribution in [0.25, 0.3) is 0 Å². The van der Waals surface area contributed by atoms with Crippen molar-refractivity contribution in [3.05, 3.63) is 0 Å². The Bertz CT molecular complexity index is 123. The lowest BCUT2D eigenvalue weighted by molar-refractivity contribution is 0.0785. The largest absolute Gasteiger partial charge is 0.446 e. The van der Waals surface area contributed by atoms with Crippen molar-refractivity contribution in [2.45, 2.75) is 32.8 Å². The van der Waals surface area contributed by atoms with Crippen molar-refractivity contribution < 1.29 is 9.53 Å². The van der Waals surface area contributed by atoms with Crippen molar-refractivity contribution in [3.8, 4) is 0 Å². The van der Waals surface area contributed by atoms with E-state index in [-0.39, 0.29) is 12.2 Å². The first-order valence-electron chi connectivity index (χ1n) is 3.95. The summed E-state index contributed by atoms with van der Waals surface area (Å²) in [6.07, 6.45) is 1.75. The van der Waals surface area contributed by atoms with Gasteiger partial charge in [-0.25, -0.2) is 4.79 Å². The molecule has 1 unspecified atom stereocenters. The molecular formula is C8H17NO2. The molecule has 0 aliphatic carbocycles. The maximum absolute atomic E-state index is 10.9. The molecule has 0 radical (unpaired) electrons. The third kappa shape index (κ3) is 4.65. The number of carbonyl (C=O) groups is 1. The molecule has 11 heavy (non-hydrogen) atoms. The molecule has 0 spiro atoms. The highest BCUT2D eigenvalue weighted by Gasteiger charge is 2.09. The predicted molar refractivity (Wildman–Crippen MR) is 44.5 cm³/mol. The second-order valence-corrected chi connectivity index (χ2v) is 2.88. The molecule has 0 bridgehead atoms. The Morgan fingerprint density at radius 3 is 2.45 bits per heavy atom. The van der Waals surface area contributed by atoms with Gasteiger partial charge in [-0.1, -0.05) is 13.3 Å². The molecule has 0 aliphatic rings. The van der Waals surface area contributed by atoms with E-state index in [4.69, 9.17) is 4.74 Å². The van der Waals surface area contributed by atoms with Crippen molar-refractivity contribution in [3.63, 3.8) is 0 Å². The summed E-state index contributed by atoms with van der Waals surface area (Å²) in [7, 11) is 3.36. The number of ether oxygens (including phenoxy) is 1. The maximum Gasteiger partial charge on any atom is 0.409 e. The van der Waals surface area contributed by atoms with Crippen LogP contribution in [-0.4, -0.2) is 31.2 Å².